The molecule has 23 nitrogen and oxygen atoms in total. The van der Waals surface area contributed by atoms with Gasteiger partial charge >= 0.3 is 5.97 Å². The van der Waals surface area contributed by atoms with Gasteiger partial charge in [0.2, 0.25) is 11.8 Å². The molecule has 16 atom stereocenters. The molecule has 3 aliphatic heterocycles. The van der Waals surface area contributed by atoms with Crippen molar-refractivity contribution >= 4 is 17.8 Å². The lowest BCUT2D eigenvalue weighted by Gasteiger charge is -2.46. The average molecular weight is 790 g/mol. The van der Waals surface area contributed by atoms with Crippen molar-refractivity contribution in [1.82, 2.24) is 10.6 Å². The second-order valence-corrected chi connectivity index (χ2v) is 13.2. The Labute approximate surface area is 309 Å². The van der Waals surface area contributed by atoms with Crippen LogP contribution >= 0.6 is 0 Å². The maximum atomic E-state index is 12.3. The van der Waals surface area contributed by atoms with Crippen LogP contribution in [-0.2, 0) is 42.8 Å². The van der Waals surface area contributed by atoms with Crippen LogP contribution in [0.1, 0.15) is 38.5 Å². The molecule has 0 aromatic rings. The highest BCUT2D eigenvalue weighted by Crippen LogP contribution is 2.31. The number of hydrogen-bond donors (Lipinski definition) is 14. The Hall–Kier alpha value is -2.27. The van der Waals surface area contributed by atoms with Crippen molar-refractivity contribution < 1.29 is 99.0 Å². The lowest BCUT2D eigenvalue weighted by atomic mass is 9.96. The lowest BCUT2D eigenvalue weighted by molar-refractivity contribution is -0.366. The lowest BCUT2D eigenvalue weighted by Crippen LogP contribution is -2.65. The van der Waals surface area contributed by atoms with Crippen molar-refractivity contribution in [3.8, 4) is 0 Å². The number of carboxylic acids is 1. The third kappa shape index (κ3) is 12.9. The molecule has 314 valence electrons. The molecule has 3 heterocycles. The Morgan fingerprint density at radius 2 is 1.15 bits per heavy atom. The van der Waals surface area contributed by atoms with Crippen LogP contribution in [0.5, 0.6) is 0 Å². The van der Waals surface area contributed by atoms with Gasteiger partial charge in [0.25, 0.3) is 0 Å². The van der Waals surface area contributed by atoms with E-state index >= 15 is 0 Å². The maximum absolute atomic E-state index is 12.3. The van der Waals surface area contributed by atoms with Gasteiger partial charge in [-0.15, -0.1) is 0 Å². The molecular formula is C31H55N3O20. The number of aliphatic carboxylic acids is 1. The standard InChI is InChI=1S/C31H55N3O20/c32-13(28(47)48)5-6-18(38)33-7-3-1-2-4-17(37)34-8-9-49-30-26(46)27(54-31-25(45)23(43)20(40)15(11-36)52-31)21(41)16(53-30)12-50-29-24(44)22(42)19(39)14(10-35)51-29/h13-16,19-27,29-31,35-36,39-46H,1-12,32H2,(H,33,38)(H,34,37)(H,47,48)/t13-,14+,15+,16?,19+,20+,21+,22-,23-,24-,25-,26-,27-,29-,30-,31+/m0/s1. The van der Waals surface area contributed by atoms with E-state index in [4.69, 9.17) is 39.3 Å². The Bertz CT molecular complexity index is 1160. The van der Waals surface area contributed by atoms with Crippen molar-refractivity contribution in [1.29, 1.82) is 0 Å². The minimum Gasteiger partial charge on any atom is -0.480 e. The van der Waals surface area contributed by atoms with Crippen molar-refractivity contribution in [3.05, 3.63) is 0 Å². The fourth-order valence-corrected chi connectivity index (χ4v) is 5.84. The predicted molar refractivity (Wildman–Crippen MR) is 174 cm³/mol. The van der Waals surface area contributed by atoms with E-state index in [2.05, 4.69) is 10.6 Å². The van der Waals surface area contributed by atoms with Crippen LogP contribution in [0.15, 0.2) is 0 Å². The summed E-state index contributed by atoms with van der Waals surface area (Å²) in [5, 5.41) is 117. The zero-order valence-electron chi connectivity index (χ0n) is 29.4. The molecule has 0 aromatic carbocycles. The van der Waals surface area contributed by atoms with Crippen molar-refractivity contribution in [2.75, 3.05) is 39.5 Å². The van der Waals surface area contributed by atoms with Crippen molar-refractivity contribution in [3.63, 3.8) is 0 Å². The van der Waals surface area contributed by atoms with Gasteiger partial charge in [0, 0.05) is 25.9 Å². The van der Waals surface area contributed by atoms with Crippen LogP contribution in [0.3, 0.4) is 0 Å². The number of aliphatic hydroxyl groups excluding tert-OH is 10. The molecule has 23 heteroatoms. The Balaban J connectivity index is 1.52. The van der Waals surface area contributed by atoms with Crippen LogP contribution in [0.25, 0.3) is 0 Å². The van der Waals surface area contributed by atoms with Gasteiger partial charge in [0.15, 0.2) is 18.9 Å². The predicted octanol–water partition coefficient (Wildman–Crippen LogP) is -7.56. The minimum atomic E-state index is -1.91. The number of amides is 2. The van der Waals surface area contributed by atoms with Gasteiger partial charge in [0.05, 0.1) is 26.4 Å². The molecule has 2 amide bonds. The number of nitrogens with two attached hydrogens (primary N) is 1. The molecule has 0 saturated carbocycles. The van der Waals surface area contributed by atoms with Gasteiger partial charge in [-0.05, 0) is 19.3 Å². The Morgan fingerprint density at radius 1 is 0.611 bits per heavy atom. The first-order valence-electron chi connectivity index (χ1n) is 17.6. The molecule has 0 bridgehead atoms. The number of aliphatic hydroxyl groups is 10. The van der Waals surface area contributed by atoms with Gasteiger partial charge in [-0.1, -0.05) is 6.42 Å². The fourth-order valence-electron chi connectivity index (χ4n) is 5.84. The summed E-state index contributed by atoms with van der Waals surface area (Å²) in [6.07, 6.45) is -23.4. The highest BCUT2D eigenvalue weighted by molar-refractivity contribution is 5.78. The molecule has 15 N–H and O–H groups in total. The minimum absolute atomic E-state index is 0.00981. The van der Waals surface area contributed by atoms with E-state index in [1.807, 2.05) is 0 Å². The molecule has 0 spiro atoms. The summed E-state index contributed by atoms with van der Waals surface area (Å²) < 4.78 is 33.1. The summed E-state index contributed by atoms with van der Waals surface area (Å²) in [5.74, 6) is -1.85. The molecule has 3 saturated heterocycles. The second-order valence-electron chi connectivity index (χ2n) is 13.2. The van der Waals surface area contributed by atoms with E-state index < -0.39 is 124 Å². The molecule has 0 radical (unpaired) electrons. The topological polar surface area (TPSA) is 379 Å². The van der Waals surface area contributed by atoms with Crippen LogP contribution < -0.4 is 16.4 Å². The Morgan fingerprint density at radius 3 is 1.76 bits per heavy atom. The van der Waals surface area contributed by atoms with E-state index in [9.17, 15) is 65.4 Å². The maximum Gasteiger partial charge on any atom is 0.320 e. The van der Waals surface area contributed by atoms with Crippen molar-refractivity contribution in [2.45, 2.75) is 137 Å². The normalized spacial score (nSPS) is 37.7. The second kappa shape index (κ2) is 22.5. The highest BCUT2D eigenvalue weighted by Gasteiger charge is 2.52. The average Bonchev–Trinajstić information content (AvgIpc) is 3.15. The van der Waals surface area contributed by atoms with E-state index in [1.165, 1.54) is 0 Å². The summed E-state index contributed by atoms with van der Waals surface area (Å²) in [7, 11) is 0. The fraction of sp³-hybridized carbons (Fsp3) is 0.903. The molecule has 3 rings (SSSR count). The number of carbonyl (C=O) groups excluding carboxylic acids is 2. The first-order chi connectivity index (χ1) is 25.6. The van der Waals surface area contributed by atoms with Gasteiger partial charge in [-0.2, -0.15) is 0 Å². The molecule has 0 aliphatic carbocycles. The third-order valence-electron chi connectivity index (χ3n) is 9.16. The number of carboxylic acid groups (broad SMARTS) is 1. The summed E-state index contributed by atoms with van der Waals surface area (Å²) in [4.78, 5) is 34.8. The number of carbonyl (C=O) groups is 3. The van der Waals surface area contributed by atoms with Crippen molar-refractivity contribution in [2.24, 2.45) is 5.73 Å². The van der Waals surface area contributed by atoms with Gasteiger partial charge in [-0.3, -0.25) is 14.4 Å². The summed E-state index contributed by atoms with van der Waals surface area (Å²) in [6, 6.07) is -1.12. The van der Waals surface area contributed by atoms with Gasteiger partial charge in [-0.25, -0.2) is 0 Å². The summed E-state index contributed by atoms with van der Waals surface area (Å²) >= 11 is 0. The van der Waals surface area contributed by atoms with Crippen LogP contribution in [0.4, 0.5) is 0 Å². The number of unbranched alkanes of at least 4 members (excludes halogenated alkanes) is 2. The van der Waals surface area contributed by atoms with Crippen LogP contribution in [0.2, 0.25) is 0 Å². The third-order valence-corrected chi connectivity index (χ3v) is 9.16. The van der Waals surface area contributed by atoms with Gasteiger partial charge < -0.3 is 101 Å². The molecule has 0 aromatic heterocycles. The van der Waals surface area contributed by atoms with E-state index in [0.29, 0.717) is 25.8 Å². The molecular weight excluding hydrogens is 734 g/mol. The van der Waals surface area contributed by atoms with E-state index in [1.54, 1.807) is 0 Å². The largest absolute Gasteiger partial charge is 0.480 e. The highest BCUT2D eigenvalue weighted by atomic mass is 16.7. The van der Waals surface area contributed by atoms with Crippen LogP contribution in [0, 0.1) is 0 Å². The number of ether oxygens (including phenoxy) is 6. The molecule has 3 aliphatic rings. The Kier molecular flexibility index (Phi) is 19.2. The molecule has 54 heavy (non-hydrogen) atoms. The molecule has 3 fully saturated rings. The number of rotatable bonds is 21. The van der Waals surface area contributed by atoms with Crippen LogP contribution in [-0.4, -0.2) is 212 Å². The SMILES string of the molecule is N[C@@H](CCC(=O)NCCCCCC(=O)NCCO[C@H]1OC(CO[C@H]2O[C@H](CO)[C@@H](O)[C@H](O)[C@@H]2O)[C@@H](O)[C@H](O[C@H]2O[C@H](CO)[C@@H](O)[C@H](O)[C@@H]2O)[C@@H]1O)C(=O)O. The first kappa shape index (κ1) is 46.1. The monoisotopic (exact) mass is 789 g/mol. The van der Waals surface area contributed by atoms with E-state index in [-0.39, 0.29) is 44.2 Å². The summed E-state index contributed by atoms with van der Waals surface area (Å²) in [6.45, 7) is -2.13. The zero-order chi connectivity index (χ0) is 40.1. The number of nitrogens with one attached hydrogen (secondary N) is 2. The summed E-state index contributed by atoms with van der Waals surface area (Å²) in [5.41, 5.74) is 5.37. The number of hydrogen-bond acceptors (Lipinski definition) is 20. The first-order valence-corrected chi connectivity index (χ1v) is 17.6. The molecule has 1 unspecified atom stereocenters. The van der Waals surface area contributed by atoms with E-state index in [0.717, 1.165) is 0 Å². The smallest absolute Gasteiger partial charge is 0.320 e. The van der Waals surface area contributed by atoms with Gasteiger partial charge in [0.1, 0.15) is 79.3 Å². The quantitative estimate of drug-likeness (QED) is 0.0480. The zero-order valence-corrected chi connectivity index (χ0v) is 29.4.